The highest BCUT2D eigenvalue weighted by Crippen LogP contribution is 2.16. The molecule has 0 aromatic rings. The number of esters is 1. The number of aliphatic hydroxyl groups is 2. The molecule has 0 rings (SSSR count). The van der Waals surface area contributed by atoms with Crippen LogP contribution in [0.15, 0.2) is 12.2 Å². The third-order valence-corrected chi connectivity index (χ3v) is 11.8. The number of carbonyl (C=O) groups is 2. The normalized spacial score (nSPS) is 12.7. The van der Waals surface area contributed by atoms with E-state index in [1.165, 1.54) is 167 Å². The van der Waals surface area contributed by atoms with Gasteiger partial charge < -0.3 is 20.3 Å². The molecule has 0 saturated heterocycles. The first kappa shape index (κ1) is 55.6. The summed E-state index contributed by atoms with van der Waals surface area (Å²) < 4.78 is 5.46. The quantitative estimate of drug-likeness (QED) is 0.0323. The molecule has 0 aliphatic heterocycles. The van der Waals surface area contributed by atoms with Gasteiger partial charge in [-0.1, -0.05) is 219 Å². The fourth-order valence-electron chi connectivity index (χ4n) is 7.87. The Hall–Kier alpha value is -1.40. The smallest absolute Gasteiger partial charge is 0.305 e. The minimum atomic E-state index is -0.677. The first-order chi connectivity index (χ1) is 28.0. The van der Waals surface area contributed by atoms with Gasteiger partial charge in [0, 0.05) is 12.8 Å². The van der Waals surface area contributed by atoms with Gasteiger partial charge in [-0.3, -0.25) is 9.59 Å². The standard InChI is InChI=1S/C51H99NO5/c1-3-5-7-9-11-13-14-15-16-17-18-19-20-21-25-29-33-37-41-45-51(56)57-46-42-38-34-30-26-23-22-24-28-32-36-40-44-50(55)52-48(47-53)49(54)43-39-35-31-27-12-10-8-6-4-2/h23,26,48-49,53-54H,3-22,24-25,27-47H2,1-2H3,(H,52,55)/b26-23-. The van der Waals surface area contributed by atoms with Gasteiger partial charge in [-0.15, -0.1) is 0 Å². The van der Waals surface area contributed by atoms with Gasteiger partial charge in [-0.05, 0) is 57.8 Å². The second-order valence-electron chi connectivity index (χ2n) is 17.5. The maximum atomic E-state index is 12.4. The van der Waals surface area contributed by atoms with Crippen LogP contribution in [0, 0.1) is 0 Å². The molecule has 0 aliphatic rings. The molecular weight excluding hydrogens is 707 g/mol. The van der Waals surface area contributed by atoms with Gasteiger partial charge in [0.25, 0.3) is 0 Å². The Morgan fingerprint density at radius 1 is 0.474 bits per heavy atom. The zero-order chi connectivity index (χ0) is 41.5. The predicted molar refractivity (Wildman–Crippen MR) is 246 cm³/mol. The molecule has 0 aromatic carbocycles. The molecule has 0 radical (unpaired) electrons. The number of aliphatic hydroxyl groups excluding tert-OH is 2. The van der Waals surface area contributed by atoms with Crippen LogP contribution in [-0.4, -0.2) is 47.4 Å². The molecule has 2 unspecified atom stereocenters. The maximum absolute atomic E-state index is 12.4. The fraction of sp³-hybridized carbons (Fsp3) is 0.922. The van der Waals surface area contributed by atoms with Gasteiger partial charge in [-0.25, -0.2) is 0 Å². The topological polar surface area (TPSA) is 95.9 Å². The van der Waals surface area contributed by atoms with E-state index in [9.17, 15) is 19.8 Å². The van der Waals surface area contributed by atoms with E-state index in [1.807, 2.05) is 0 Å². The number of amides is 1. The lowest BCUT2D eigenvalue weighted by atomic mass is 10.0. The summed E-state index contributed by atoms with van der Waals surface area (Å²) in [5.41, 5.74) is 0. The lowest BCUT2D eigenvalue weighted by Gasteiger charge is -2.22. The molecular formula is C51H99NO5. The summed E-state index contributed by atoms with van der Waals surface area (Å²) in [5.74, 6) is -0.0811. The third kappa shape index (κ3) is 44.0. The summed E-state index contributed by atoms with van der Waals surface area (Å²) in [6.45, 7) is 4.88. The van der Waals surface area contributed by atoms with Crippen LogP contribution in [0.25, 0.3) is 0 Å². The summed E-state index contributed by atoms with van der Waals surface area (Å²) >= 11 is 0. The van der Waals surface area contributed by atoms with E-state index in [0.717, 1.165) is 77.0 Å². The van der Waals surface area contributed by atoms with Crippen molar-refractivity contribution in [1.82, 2.24) is 5.32 Å². The highest BCUT2D eigenvalue weighted by atomic mass is 16.5. The Kier molecular flexibility index (Phi) is 46.1. The van der Waals surface area contributed by atoms with E-state index < -0.39 is 12.1 Å². The third-order valence-electron chi connectivity index (χ3n) is 11.8. The van der Waals surface area contributed by atoms with E-state index in [-0.39, 0.29) is 18.5 Å². The Labute approximate surface area is 355 Å². The SMILES string of the molecule is CCCCCCCCCCCCCCCCCCCCCC(=O)OCCCCC/C=C\CCCCCCCC(=O)NC(CO)C(O)CCCCCCCCCCC. The van der Waals surface area contributed by atoms with Crippen molar-refractivity contribution >= 4 is 11.9 Å². The van der Waals surface area contributed by atoms with Gasteiger partial charge >= 0.3 is 5.97 Å². The summed E-state index contributed by atoms with van der Waals surface area (Å²) in [5, 5.41) is 23.0. The molecule has 57 heavy (non-hydrogen) atoms. The Morgan fingerprint density at radius 3 is 1.25 bits per heavy atom. The first-order valence-electron chi connectivity index (χ1n) is 25.4. The Balaban J connectivity index is 3.44. The number of hydrogen-bond donors (Lipinski definition) is 3. The van der Waals surface area contributed by atoms with Gasteiger partial charge in [-0.2, -0.15) is 0 Å². The van der Waals surface area contributed by atoms with Crippen LogP contribution in [0.4, 0.5) is 0 Å². The van der Waals surface area contributed by atoms with Crippen LogP contribution in [0.3, 0.4) is 0 Å². The molecule has 0 bridgehead atoms. The minimum Gasteiger partial charge on any atom is -0.466 e. The zero-order valence-corrected chi connectivity index (χ0v) is 38.3. The number of rotatable bonds is 47. The van der Waals surface area contributed by atoms with E-state index >= 15 is 0 Å². The second-order valence-corrected chi connectivity index (χ2v) is 17.5. The van der Waals surface area contributed by atoms with Gasteiger partial charge in [0.2, 0.25) is 5.91 Å². The molecule has 338 valence electrons. The molecule has 6 nitrogen and oxygen atoms in total. The number of hydrogen-bond acceptors (Lipinski definition) is 5. The van der Waals surface area contributed by atoms with Crippen LogP contribution < -0.4 is 5.32 Å². The fourth-order valence-corrected chi connectivity index (χ4v) is 7.87. The molecule has 0 aliphatic carbocycles. The lowest BCUT2D eigenvalue weighted by Crippen LogP contribution is -2.45. The highest BCUT2D eigenvalue weighted by Gasteiger charge is 2.20. The van der Waals surface area contributed by atoms with Gasteiger partial charge in [0.15, 0.2) is 0 Å². The number of nitrogens with one attached hydrogen (secondary N) is 1. The van der Waals surface area contributed by atoms with E-state index in [1.54, 1.807) is 0 Å². The molecule has 6 heteroatoms. The molecule has 0 spiro atoms. The highest BCUT2D eigenvalue weighted by molar-refractivity contribution is 5.76. The van der Waals surface area contributed by atoms with Crippen molar-refractivity contribution in [3.63, 3.8) is 0 Å². The number of carbonyl (C=O) groups excluding carboxylic acids is 2. The minimum absolute atomic E-state index is 0.0184. The number of allylic oxidation sites excluding steroid dienone is 2. The van der Waals surface area contributed by atoms with Crippen LogP contribution in [-0.2, 0) is 14.3 Å². The Bertz CT molecular complexity index is 847. The molecule has 0 saturated carbocycles. The molecule has 2 atom stereocenters. The number of unbranched alkanes of at least 4 members (excludes halogenated alkanes) is 34. The monoisotopic (exact) mass is 806 g/mol. The predicted octanol–water partition coefficient (Wildman–Crippen LogP) is 15.0. The second kappa shape index (κ2) is 47.3. The lowest BCUT2D eigenvalue weighted by molar-refractivity contribution is -0.143. The van der Waals surface area contributed by atoms with Crippen LogP contribution in [0.5, 0.6) is 0 Å². The van der Waals surface area contributed by atoms with E-state index in [0.29, 0.717) is 25.9 Å². The van der Waals surface area contributed by atoms with Gasteiger partial charge in [0.05, 0.1) is 25.4 Å². The van der Waals surface area contributed by atoms with Crippen molar-refractivity contribution in [2.24, 2.45) is 0 Å². The summed E-state index contributed by atoms with van der Waals surface area (Å²) in [4.78, 5) is 24.4. The van der Waals surface area contributed by atoms with Crippen molar-refractivity contribution in [3.8, 4) is 0 Å². The largest absolute Gasteiger partial charge is 0.466 e. The van der Waals surface area contributed by atoms with Crippen molar-refractivity contribution in [2.45, 2.75) is 289 Å². The first-order valence-corrected chi connectivity index (χ1v) is 25.4. The summed E-state index contributed by atoms with van der Waals surface area (Å²) in [7, 11) is 0. The average molecular weight is 806 g/mol. The van der Waals surface area contributed by atoms with Crippen LogP contribution >= 0.6 is 0 Å². The molecule has 3 N–H and O–H groups in total. The van der Waals surface area contributed by atoms with Crippen molar-refractivity contribution in [1.29, 1.82) is 0 Å². The summed E-state index contributed by atoms with van der Waals surface area (Å²) in [6.07, 6.45) is 53.4. The molecule has 0 aromatic heterocycles. The van der Waals surface area contributed by atoms with Crippen LogP contribution in [0.2, 0.25) is 0 Å². The number of ether oxygens (including phenoxy) is 1. The summed E-state index contributed by atoms with van der Waals surface area (Å²) in [6, 6.07) is -0.557. The van der Waals surface area contributed by atoms with Gasteiger partial charge in [0.1, 0.15) is 0 Å². The Morgan fingerprint density at radius 2 is 0.825 bits per heavy atom. The van der Waals surface area contributed by atoms with Crippen molar-refractivity contribution in [3.05, 3.63) is 12.2 Å². The maximum Gasteiger partial charge on any atom is 0.305 e. The van der Waals surface area contributed by atoms with E-state index in [2.05, 4.69) is 31.3 Å². The van der Waals surface area contributed by atoms with Crippen LogP contribution in [0.1, 0.15) is 277 Å². The molecule has 1 amide bonds. The van der Waals surface area contributed by atoms with E-state index in [4.69, 9.17) is 4.74 Å². The van der Waals surface area contributed by atoms with Crippen molar-refractivity contribution < 1.29 is 24.5 Å². The zero-order valence-electron chi connectivity index (χ0n) is 38.3. The molecule has 0 fully saturated rings. The van der Waals surface area contributed by atoms with Crippen molar-refractivity contribution in [2.75, 3.05) is 13.2 Å². The average Bonchev–Trinajstić information content (AvgIpc) is 3.21. The molecule has 0 heterocycles.